The monoisotopic (exact) mass is 374 g/mol. The predicted molar refractivity (Wildman–Crippen MR) is 98.0 cm³/mol. The van der Waals surface area contributed by atoms with Crippen LogP contribution >= 0.6 is 11.8 Å². The molecule has 2 aromatic rings. The molecular formula is C17H22N6O2S. The highest BCUT2D eigenvalue weighted by Gasteiger charge is 2.22. The summed E-state index contributed by atoms with van der Waals surface area (Å²) in [5.41, 5.74) is 0.808. The van der Waals surface area contributed by atoms with Gasteiger partial charge >= 0.3 is 6.03 Å². The van der Waals surface area contributed by atoms with E-state index in [-0.39, 0.29) is 11.9 Å². The van der Waals surface area contributed by atoms with Crippen LogP contribution < -0.4 is 10.6 Å². The van der Waals surface area contributed by atoms with E-state index in [4.69, 9.17) is 0 Å². The zero-order valence-electron chi connectivity index (χ0n) is 14.6. The third kappa shape index (κ3) is 4.81. The van der Waals surface area contributed by atoms with Crippen molar-refractivity contribution in [2.24, 2.45) is 0 Å². The lowest BCUT2D eigenvalue weighted by Gasteiger charge is -2.22. The summed E-state index contributed by atoms with van der Waals surface area (Å²) < 4.78 is 1.57. The third-order valence-electron chi connectivity index (χ3n) is 4.27. The largest absolute Gasteiger partial charge is 0.335 e. The van der Waals surface area contributed by atoms with Crippen LogP contribution in [0.2, 0.25) is 0 Å². The predicted octanol–water partition coefficient (Wildman–Crippen LogP) is 2.30. The summed E-state index contributed by atoms with van der Waals surface area (Å²) in [6.45, 7) is 1.72. The number of tetrazole rings is 1. The van der Waals surface area contributed by atoms with Crippen molar-refractivity contribution in [2.45, 2.75) is 55.5 Å². The molecule has 1 aromatic carbocycles. The van der Waals surface area contributed by atoms with E-state index in [1.54, 1.807) is 11.6 Å². The Morgan fingerprint density at radius 2 is 1.92 bits per heavy atom. The van der Waals surface area contributed by atoms with Crippen LogP contribution in [0.4, 0.5) is 4.79 Å². The summed E-state index contributed by atoms with van der Waals surface area (Å²) in [5, 5.41) is 16.9. The molecular weight excluding hydrogens is 352 g/mol. The van der Waals surface area contributed by atoms with Crippen LogP contribution in [0, 0.1) is 0 Å². The van der Waals surface area contributed by atoms with Gasteiger partial charge in [0.2, 0.25) is 11.1 Å². The molecule has 0 saturated heterocycles. The number of urea groups is 1. The first-order valence-corrected chi connectivity index (χ1v) is 9.63. The van der Waals surface area contributed by atoms with Gasteiger partial charge in [-0.3, -0.25) is 10.1 Å². The minimum atomic E-state index is -0.513. The number of rotatable bonds is 5. The van der Waals surface area contributed by atoms with Crippen molar-refractivity contribution >= 4 is 23.7 Å². The SMILES string of the molecule is CC(Sc1nnnn1-c1ccccc1)C(=O)NC(=O)NC1CCCCC1. The van der Waals surface area contributed by atoms with Crippen LogP contribution in [-0.4, -0.2) is 43.4 Å². The van der Waals surface area contributed by atoms with E-state index in [0.29, 0.717) is 5.16 Å². The van der Waals surface area contributed by atoms with Crippen molar-refractivity contribution in [1.29, 1.82) is 0 Å². The summed E-state index contributed by atoms with van der Waals surface area (Å²) in [4.78, 5) is 24.3. The number of hydrogen-bond acceptors (Lipinski definition) is 6. The van der Waals surface area contributed by atoms with Crippen LogP contribution in [-0.2, 0) is 4.79 Å². The number of carbonyl (C=O) groups excluding carboxylic acids is 2. The van der Waals surface area contributed by atoms with Gasteiger partial charge in [0.05, 0.1) is 10.9 Å². The normalized spacial score (nSPS) is 16.0. The summed E-state index contributed by atoms with van der Waals surface area (Å²) >= 11 is 1.20. The third-order valence-corrected chi connectivity index (χ3v) is 5.30. The zero-order valence-corrected chi connectivity index (χ0v) is 15.4. The molecule has 1 fully saturated rings. The Morgan fingerprint density at radius 3 is 2.65 bits per heavy atom. The number of hydrogen-bond donors (Lipinski definition) is 2. The summed E-state index contributed by atoms with van der Waals surface area (Å²) in [6, 6.07) is 9.16. The van der Waals surface area contributed by atoms with Crippen molar-refractivity contribution < 1.29 is 9.59 Å². The van der Waals surface area contributed by atoms with Gasteiger partial charge in [0.15, 0.2) is 0 Å². The number of nitrogens with zero attached hydrogens (tertiary/aromatic N) is 4. The maximum Gasteiger partial charge on any atom is 0.321 e. The molecule has 1 unspecified atom stereocenters. The van der Waals surface area contributed by atoms with Gasteiger partial charge in [-0.15, -0.1) is 5.10 Å². The van der Waals surface area contributed by atoms with E-state index < -0.39 is 11.3 Å². The van der Waals surface area contributed by atoms with Crippen LogP contribution in [0.5, 0.6) is 0 Å². The molecule has 0 spiro atoms. The Bertz CT molecular complexity index is 745. The van der Waals surface area contributed by atoms with Crippen molar-refractivity contribution in [3.8, 4) is 5.69 Å². The number of benzene rings is 1. The number of nitrogens with one attached hydrogen (secondary N) is 2. The molecule has 9 heteroatoms. The second-order valence-corrected chi connectivity index (χ2v) is 7.57. The number of amides is 3. The highest BCUT2D eigenvalue weighted by atomic mass is 32.2. The number of para-hydroxylation sites is 1. The second-order valence-electron chi connectivity index (χ2n) is 6.27. The van der Waals surface area contributed by atoms with E-state index in [9.17, 15) is 9.59 Å². The molecule has 0 bridgehead atoms. The average molecular weight is 374 g/mol. The van der Waals surface area contributed by atoms with Crippen LogP contribution in [0.1, 0.15) is 39.0 Å². The van der Waals surface area contributed by atoms with E-state index in [1.165, 1.54) is 18.2 Å². The van der Waals surface area contributed by atoms with E-state index >= 15 is 0 Å². The molecule has 3 rings (SSSR count). The Hall–Kier alpha value is -2.42. The molecule has 2 N–H and O–H groups in total. The van der Waals surface area contributed by atoms with Gasteiger partial charge < -0.3 is 5.32 Å². The Labute approximate surface area is 156 Å². The Balaban J connectivity index is 1.55. The fourth-order valence-electron chi connectivity index (χ4n) is 2.88. The zero-order chi connectivity index (χ0) is 18.4. The minimum Gasteiger partial charge on any atom is -0.335 e. The second kappa shape index (κ2) is 8.79. The Kier molecular flexibility index (Phi) is 6.21. The molecule has 0 radical (unpaired) electrons. The van der Waals surface area contributed by atoms with Crippen LogP contribution in [0.25, 0.3) is 5.69 Å². The van der Waals surface area contributed by atoms with Gasteiger partial charge in [0, 0.05) is 6.04 Å². The van der Waals surface area contributed by atoms with Crippen LogP contribution in [0.3, 0.4) is 0 Å². The molecule has 1 heterocycles. The Morgan fingerprint density at radius 1 is 1.19 bits per heavy atom. The molecule has 1 aliphatic rings. The molecule has 1 aromatic heterocycles. The van der Waals surface area contributed by atoms with E-state index in [2.05, 4.69) is 26.2 Å². The molecule has 138 valence electrons. The van der Waals surface area contributed by atoms with Gasteiger partial charge in [0.25, 0.3) is 0 Å². The molecule has 26 heavy (non-hydrogen) atoms. The van der Waals surface area contributed by atoms with Gasteiger partial charge in [0.1, 0.15) is 0 Å². The number of aromatic nitrogens is 4. The van der Waals surface area contributed by atoms with Gasteiger partial charge in [-0.05, 0) is 42.3 Å². The lowest BCUT2D eigenvalue weighted by Crippen LogP contribution is -2.47. The molecule has 1 aliphatic carbocycles. The van der Waals surface area contributed by atoms with Crippen molar-refractivity contribution in [1.82, 2.24) is 30.8 Å². The van der Waals surface area contributed by atoms with Gasteiger partial charge in [-0.2, -0.15) is 4.68 Å². The van der Waals surface area contributed by atoms with E-state index in [0.717, 1.165) is 31.4 Å². The molecule has 8 nitrogen and oxygen atoms in total. The first-order chi connectivity index (χ1) is 12.6. The first-order valence-electron chi connectivity index (χ1n) is 8.75. The van der Waals surface area contributed by atoms with Crippen LogP contribution in [0.15, 0.2) is 35.5 Å². The maximum absolute atomic E-state index is 12.3. The maximum atomic E-state index is 12.3. The first kappa shape index (κ1) is 18.4. The summed E-state index contributed by atoms with van der Waals surface area (Å²) in [5.74, 6) is -0.370. The topological polar surface area (TPSA) is 102 Å². The number of carbonyl (C=O) groups is 2. The van der Waals surface area contributed by atoms with Crippen molar-refractivity contribution in [3.63, 3.8) is 0 Å². The molecule has 1 atom stereocenters. The average Bonchev–Trinajstić information content (AvgIpc) is 3.11. The summed E-state index contributed by atoms with van der Waals surface area (Å²) in [7, 11) is 0. The summed E-state index contributed by atoms with van der Waals surface area (Å²) in [6.07, 6.45) is 5.39. The van der Waals surface area contributed by atoms with Crippen molar-refractivity contribution in [2.75, 3.05) is 0 Å². The van der Waals surface area contributed by atoms with Gasteiger partial charge in [-0.1, -0.05) is 49.2 Å². The molecule has 0 aliphatic heterocycles. The lowest BCUT2D eigenvalue weighted by molar-refractivity contribution is -0.119. The number of imide groups is 1. The highest BCUT2D eigenvalue weighted by molar-refractivity contribution is 8.00. The minimum absolute atomic E-state index is 0.157. The molecule has 1 saturated carbocycles. The van der Waals surface area contributed by atoms with E-state index in [1.807, 2.05) is 30.3 Å². The standard InChI is InChI=1S/C17H22N6O2S/c1-12(15(24)19-16(25)18-13-8-4-2-5-9-13)26-17-20-21-22-23(17)14-10-6-3-7-11-14/h3,6-7,10-13H,2,4-5,8-9H2,1H3,(H2,18,19,24,25). The fraction of sp³-hybridized carbons (Fsp3) is 0.471. The smallest absolute Gasteiger partial charge is 0.321 e. The number of thioether (sulfide) groups is 1. The fourth-order valence-corrected chi connectivity index (χ4v) is 3.68. The highest BCUT2D eigenvalue weighted by Crippen LogP contribution is 2.23. The quantitative estimate of drug-likeness (QED) is 0.779. The van der Waals surface area contributed by atoms with Gasteiger partial charge in [-0.25, -0.2) is 4.79 Å². The van der Waals surface area contributed by atoms with Crippen molar-refractivity contribution in [3.05, 3.63) is 30.3 Å². The lowest BCUT2D eigenvalue weighted by atomic mass is 9.96. The molecule has 3 amide bonds.